The lowest BCUT2D eigenvalue weighted by Crippen LogP contribution is -2.28. The Morgan fingerprint density at radius 3 is 2.65 bits per heavy atom. The Bertz CT molecular complexity index is 422. The van der Waals surface area contributed by atoms with Crippen molar-refractivity contribution in [1.29, 1.82) is 0 Å². The molecule has 17 heavy (non-hydrogen) atoms. The van der Waals surface area contributed by atoms with Crippen LogP contribution in [-0.2, 0) is 14.3 Å². The Labute approximate surface area is 98.2 Å². The van der Waals surface area contributed by atoms with Gasteiger partial charge in [0.1, 0.15) is 11.9 Å². The lowest BCUT2D eigenvalue weighted by atomic mass is 10.3. The third-order valence-electron chi connectivity index (χ3n) is 1.94. The SMILES string of the molecule is COC(=O)c1nccc(NC(C)C(=O)OC)n1. The first kappa shape index (κ1) is 12.9. The van der Waals surface area contributed by atoms with Crippen molar-refractivity contribution in [2.75, 3.05) is 19.5 Å². The fourth-order valence-corrected chi connectivity index (χ4v) is 1.09. The van der Waals surface area contributed by atoms with E-state index in [1.165, 1.54) is 26.5 Å². The van der Waals surface area contributed by atoms with Crippen LogP contribution in [-0.4, -0.2) is 42.2 Å². The molecule has 1 heterocycles. The molecule has 0 fully saturated rings. The zero-order valence-electron chi connectivity index (χ0n) is 9.76. The number of rotatable bonds is 4. The second-order valence-corrected chi connectivity index (χ2v) is 3.15. The molecule has 0 saturated carbocycles. The Morgan fingerprint density at radius 1 is 1.35 bits per heavy atom. The van der Waals surface area contributed by atoms with Gasteiger partial charge in [0.2, 0.25) is 5.82 Å². The number of hydrogen-bond acceptors (Lipinski definition) is 7. The van der Waals surface area contributed by atoms with Gasteiger partial charge >= 0.3 is 11.9 Å². The van der Waals surface area contributed by atoms with Crippen molar-refractivity contribution < 1.29 is 19.1 Å². The lowest BCUT2D eigenvalue weighted by molar-refractivity contribution is -0.141. The standard InChI is InChI=1S/C10H13N3O4/c1-6(9(14)16-2)12-7-4-5-11-8(13-7)10(15)17-3/h4-6H,1-3H3,(H,11,12,13). The number of aromatic nitrogens is 2. The van der Waals surface area contributed by atoms with Gasteiger partial charge in [0.25, 0.3) is 0 Å². The Hall–Kier alpha value is -2.18. The number of hydrogen-bond donors (Lipinski definition) is 1. The van der Waals surface area contributed by atoms with Crippen molar-refractivity contribution in [1.82, 2.24) is 9.97 Å². The van der Waals surface area contributed by atoms with Crippen molar-refractivity contribution >= 4 is 17.8 Å². The summed E-state index contributed by atoms with van der Waals surface area (Å²) in [5, 5.41) is 2.78. The molecular formula is C10H13N3O4. The van der Waals surface area contributed by atoms with E-state index < -0.39 is 18.0 Å². The zero-order chi connectivity index (χ0) is 12.8. The summed E-state index contributed by atoms with van der Waals surface area (Å²) in [6, 6.07) is 0.965. The predicted molar refractivity (Wildman–Crippen MR) is 58.5 cm³/mol. The molecular weight excluding hydrogens is 226 g/mol. The fourth-order valence-electron chi connectivity index (χ4n) is 1.09. The summed E-state index contributed by atoms with van der Waals surface area (Å²) in [5.74, 6) is -0.796. The normalized spacial score (nSPS) is 11.5. The van der Waals surface area contributed by atoms with Gasteiger partial charge < -0.3 is 14.8 Å². The molecule has 0 aliphatic rings. The number of carbonyl (C=O) groups excluding carboxylic acids is 2. The van der Waals surface area contributed by atoms with Gasteiger partial charge in [-0.05, 0) is 13.0 Å². The predicted octanol–water partition coefficient (Wildman–Crippen LogP) is 0.237. The van der Waals surface area contributed by atoms with Crippen molar-refractivity contribution in [2.24, 2.45) is 0 Å². The van der Waals surface area contributed by atoms with Gasteiger partial charge in [-0.25, -0.2) is 19.6 Å². The second kappa shape index (κ2) is 5.78. The molecule has 1 atom stereocenters. The van der Waals surface area contributed by atoms with E-state index in [4.69, 9.17) is 0 Å². The minimum Gasteiger partial charge on any atom is -0.467 e. The van der Waals surface area contributed by atoms with E-state index in [1.54, 1.807) is 6.92 Å². The Balaban J connectivity index is 2.79. The van der Waals surface area contributed by atoms with E-state index in [2.05, 4.69) is 24.8 Å². The number of esters is 2. The van der Waals surface area contributed by atoms with E-state index in [-0.39, 0.29) is 5.82 Å². The molecule has 0 saturated heterocycles. The molecule has 1 aromatic rings. The monoisotopic (exact) mass is 239 g/mol. The summed E-state index contributed by atoms with van der Waals surface area (Å²) in [6.45, 7) is 1.62. The highest BCUT2D eigenvalue weighted by Gasteiger charge is 2.15. The highest BCUT2D eigenvalue weighted by Crippen LogP contribution is 2.05. The molecule has 0 bridgehead atoms. The molecule has 1 aromatic heterocycles. The highest BCUT2D eigenvalue weighted by molar-refractivity contribution is 5.85. The van der Waals surface area contributed by atoms with Crippen LogP contribution in [0.15, 0.2) is 12.3 Å². The van der Waals surface area contributed by atoms with Crippen LogP contribution in [0.1, 0.15) is 17.5 Å². The maximum Gasteiger partial charge on any atom is 0.376 e. The molecule has 1 N–H and O–H groups in total. The molecule has 1 unspecified atom stereocenters. The molecule has 7 nitrogen and oxygen atoms in total. The van der Waals surface area contributed by atoms with E-state index >= 15 is 0 Å². The van der Waals surface area contributed by atoms with Crippen LogP contribution in [0.4, 0.5) is 5.82 Å². The van der Waals surface area contributed by atoms with Crippen LogP contribution in [0.2, 0.25) is 0 Å². The molecule has 0 aromatic carbocycles. The van der Waals surface area contributed by atoms with Gasteiger partial charge in [0, 0.05) is 6.20 Å². The van der Waals surface area contributed by atoms with E-state index in [0.29, 0.717) is 5.82 Å². The summed E-state index contributed by atoms with van der Waals surface area (Å²) in [4.78, 5) is 30.0. The number of carbonyl (C=O) groups is 2. The van der Waals surface area contributed by atoms with Crippen molar-refractivity contribution in [3.8, 4) is 0 Å². The van der Waals surface area contributed by atoms with Crippen LogP contribution in [0.3, 0.4) is 0 Å². The van der Waals surface area contributed by atoms with Gasteiger partial charge in [-0.3, -0.25) is 0 Å². The fraction of sp³-hybridized carbons (Fsp3) is 0.400. The lowest BCUT2D eigenvalue weighted by Gasteiger charge is -2.11. The molecule has 1 rings (SSSR count). The molecule has 0 radical (unpaired) electrons. The largest absolute Gasteiger partial charge is 0.467 e. The highest BCUT2D eigenvalue weighted by atomic mass is 16.5. The van der Waals surface area contributed by atoms with Crippen LogP contribution in [0, 0.1) is 0 Å². The maximum atomic E-state index is 11.2. The van der Waals surface area contributed by atoms with Gasteiger partial charge in [0.05, 0.1) is 14.2 Å². The summed E-state index contributed by atoms with van der Waals surface area (Å²) in [7, 11) is 2.53. The van der Waals surface area contributed by atoms with Crippen molar-refractivity contribution in [3.63, 3.8) is 0 Å². The quantitative estimate of drug-likeness (QED) is 0.752. The van der Waals surface area contributed by atoms with E-state index in [1.807, 2.05) is 0 Å². The minimum absolute atomic E-state index is 0.0745. The van der Waals surface area contributed by atoms with Crippen LogP contribution in [0.25, 0.3) is 0 Å². The summed E-state index contributed by atoms with van der Waals surface area (Å²) >= 11 is 0. The molecule has 0 amide bonds. The summed E-state index contributed by atoms with van der Waals surface area (Å²) in [5.41, 5.74) is 0. The smallest absolute Gasteiger partial charge is 0.376 e. The van der Waals surface area contributed by atoms with Gasteiger partial charge in [-0.1, -0.05) is 0 Å². The summed E-state index contributed by atoms with van der Waals surface area (Å²) in [6.07, 6.45) is 1.39. The number of anilines is 1. The maximum absolute atomic E-state index is 11.2. The summed E-state index contributed by atoms with van der Waals surface area (Å²) < 4.78 is 9.03. The number of methoxy groups -OCH3 is 2. The minimum atomic E-state index is -0.639. The molecule has 0 spiro atoms. The van der Waals surface area contributed by atoms with Gasteiger partial charge in [-0.15, -0.1) is 0 Å². The molecule has 0 aliphatic heterocycles. The Morgan fingerprint density at radius 2 is 2.06 bits per heavy atom. The first-order valence-corrected chi connectivity index (χ1v) is 4.84. The van der Waals surface area contributed by atoms with E-state index in [0.717, 1.165) is 0 Å². The van der Waals surface area contributed by atoms with Gasteiger partial charge in [0.15, 0.2) is 0 Å². The first-order valence-electron chi connectivity index (χ1n) is 4.84. The average molecular weight is 239 g/mol. The molecule has 92 valence electrons. The number of nitrogens with zero attached hydrogens (tertiary/aromatic N) is 2. The zero-order valence-corrected chi connectivity index (χ0v) is 9.76. The Kier molecular flexibility index (Phi) is 4.38. The number of ether oxygens (including phenoxy) is 2. The third-order valence-corrected chi connectivity index (χ3v) is 1.94. The van der Waals surface area contributed by atoms with Gasteiger partial charge in [-0.2, -0.15) is 0 Å². The third kappa shape index (κ3) is 3.40. The topological polar surface area (TPSA) is 90.4 Å². The van der Waals surface area contributed by atoms with Crippen molar-refractivity contribution in [3.05, 3.63) is 18.1 Å². The van der Waals surface area contributed by atoms with Crippen LogP contribution >= 0.6 is 0 Å². The average Bonchev–Trinajstić information content (AvgIpc) is 2.37. The second-order valence-electron chi connectivity index (χ2n) is 3.15. The van der Waals surface area contributed by atoms with Crippen molar-refractivity contribution in [2.45, 2.75) is 13.0 Å². The van der Waals surface area contributed by atoms with Crippen LogP contribution < -0.4 is 5.32 Å². The van der Waals surface area contributed by atoms with E-state index in [9.17, 15) is 9.59 Å². The molecule has 7 heteroatoms. The first-order chi connectivity index (χ1) is 8.08. The number of nitrogens with one attached hydrogen (secondary N) is 1. The molecule has 0 aliphatic carbocycles. The van der Waals surface area contributed by atoms with Crippen LogP contribution in [0.5, 0.6) is 0 Å².